The highest BCUT2D eigenvalue weighted by atomic mass is 32.2. The maximum atomic E-state index is 11.0. The molecule has 1 aliphatic heterocycles. The molecule has 0 bridgehead atoms. The van der Waals surface area contributed by atoms with E-state index < -0.39 is 0 Å². The standard InChI is InChI=1S/C20H21N5O2S/c1-11-8-14-10-27-9-13-4-3-5-15(17(13)14)16(11)18-23-19(21)25-20(24-18)28-7-6-22-12(2)26/h3-5,8H,6-7,9-10H2,1-2H3,(H,22,26)(H2,21,23,24,25). The van der Waals surface area contributed by atoms with Crippen LogP contribution < -0.4 is 11.1 Å². The number of aromatic nitrogens is 3. The molecule has 0 saturated heterocycles. The van der Waals surface area contributed by atoms with Gasteiger partial charge in [-0.05, 0) is 34.4 Å². The summed E-state index contributed by atoms with van der Waals surface area (Å²) in [6, 6.07) is 8.37. The van der Waals surface area contributed by atoms with Gasteiger partial charge in [0.25, 0.3) is 0 Å². The number of hydrogen-bond donors (Lipinski definition) is 2. The predicted molar refractivity (Wildman–Crippen MR) is 110 cm³/mol. The van der Waals surface area contributed by atoms with Gasteiger partial charge < -0.3 is 15.8 Å². The van der Waals surface area contributed by atoms with Gasteiger partial charge in [-0.3, -0.25) is 4.79 Å². The zero-order valence-electron chi connectivity index (χ0n) is 15.8. The number of nitrogens with one attached hydrogen (secondary N) is 1. The molecule has 1 aromatic heterocycles. The topological polar surface area (TPSA) is 103 Å². The first-order valence-electron chi connectivity index (χ1n) is 9.04. The van der Waals surface area contributed by atoms with Gasteiger partial charge in [-0.25, -0.2) is 4.98 Å². The largest absolute Gasteiger partial charge is 0.372 e. The van der Waals surface area contributed by atoms with E-state index in [-0.39, 0.29) is 11.9 Å². The van der Waals surface area contributed by atoms with Crippen molar-refractivity contribution in [2.24, 2.45) is 0 Å². The van der Waals surface area contributed by atoms with E-state index in [1.54, 1.807) is 0 Å². The number of ether oxygens (including phenoxy) is 1. The van der Waals surface area contributed by atoms with E-state index in [4.69, 9.17) is 10.5 Å². The number of rotatable bonds is 5. The van der Waals surface area contributed by atoms with Crippen molar-refractivity contribution in [3.05, 3.63) is 41.0 Å². The van der Waals surface area contributed by atoms with Crippen LogP contribution >= 0.6 is 11.8 Å². The van der Waals surface area contributed by atoms with Crippen molar-refractivity contribution in [3.63, 3.8) is 0 Å². The maximum absolute atomic E-state index is 11.0. The third-order valence-corrected chi connectivity index (χ3v) is 5.45. The minimum Gasteiger partial charge on any atom is -0.372 e. The van der Waals surface area contributed by atoms with E-state index in [2.05, 4.69) is 45.4 Å². The van der Waals surface area contributed by atoms with Crippen molar-refractivity contribution in [2.75, 3.05) is 18.0 Å². The Labute approximate surface area is 167 Å². The summed E-state index contributed by atoms with van der Waals surface area (Å²) in [7, 11) is 0. The van der Waals surface area contributed by atoms with Crippen molar-refractivity contribution in [3.8, 4) is 11.4 Å². The smallest absolute Gasteiger partial charge is 0.224 e. The number of hydrogen-bond acceptors (Lipinski definition) is 7. The highest BCUT2D eigenvalue weighted by molar-refractivity contribution is 7.99. The molecule has 2 aromatic carbocycles. The van der Waals surface area contributed by atoms with Crippen LogP contribution in [0.3, 0.4) is 0 Å². The SMILES string of the molecule is CC(=O)NCCSc1nc(N)nc(-c2c(C)cc3c4c(cccc24)COC3)n1. The van der Waals surface area contributed by atoms with E-state index in [9.17, 15) is 4.79 Å². The van der Waals surface area contributed by atoms with Crippen LogP contribution in [0.1, 0.15) is 23.6 Å². The van der Waals surface area contributed by atoms with Crippen molar-refractivity contribution < 1.29 is 9.53 Å². The Bertz CT molecular complexity index is 1070. The molecule has 3 N–H and O–H groups in total. The van der Waals surface area contributed by atoms with Gasteiger partial charge in [-0.1, -0.05) is 36.0 Å². The molecular formula is C20H21N5O2S. The molecular weight excluding hydrogens is 374 g/mol. The Morgan fingerprint density at radius 3 is 2.89 bits per heavy atom. The lowest BCUT2D eigenvalue weighted by atomic mass is 9.91. The number of aryl methyl sites for hydroxylation is 1. The monoisotopic (exact) mass is 395 g/mol. The number of carbonyl (C=O) groups excluding carboxylic acids is 1. The molecule has 3 aromatic rings. The molecule has 0 fully saturated rings. The molecule has 0 aliphatic carbocycles. The van der Waals surface area contributed by atoms with Crippen LogP contribution in [0.15, 0.2) is 29.4 Å². The number of nitrogen functional groups attached to an aromatic ring is 1. The van der Waals surface area contributed by atoms with Crippen LogP contribution in [0.2, 0.25) is 0 Å². The summed E-state index contributed by atoms with van der Waals surface area (Å²) in [6.07, 6.45) is 0. The van der Waals surface area contributed by atoms with E-state index in [1.807, 2.05) is 6.07 Å². The van der Waals surface area contributed by atoms with Gasteiger partial charge in [0.2, 0.25) is 11.9 Å². The molecule has 144 valence electrons. The normalized spacial score (nSPS) is 12.9. The zero-order chi connectivity index (χ0) is 19.7. The predicted octanol–water partition coefficient (Wildman–Crippen LogP) is 2.84. The molecule has 8 heteroatoms. The van der Waals surface area contributed by atoms with Gasteiger partial charge in [-0.2, -0.15) is 9.97 Å². The van der Waals surface area contributed by atoms with Crippen LogP contribution in [0, 0.1) is 6.92 Å². The van der Waals surface area contributed by atoms with Gasteiger partial charge in [0.05, 0.1) is 13.2 Å². The molecule has 0 spiro atoms. The lowest BCUT2D eigenvalue weighted by molar-refractivity contribution is -0.118. The molecule has 7 nitrogen and oxygen atoms in total. The third kappa shape index (κ3) is 3.65. The van der Waals surface area contributed by atoms with Gasteiger partial charge in [-0.15, -0.1) is 0 Å². The summed E-state index contributed by atoms with van der Waals surface area (Å²) in [6.45, 7) is 5.31. The van der Waals surface area contributed by atoms with Crippen LogP contribution in [-0.4, -0.2) is 33.2 Å². The second kappa shape index (κ2) is 7.73. The van der Waals surface area contributed by atoms with Crippen molar-refractivity contribution in [2.45, 2.75) is 32.2 Å². The first-order chi connectivity index (χ1) is 13.5. The summed E-state index contributed by atoms with van der Waals surface area (Å²) in [5, 5.41) is 5.64. The van der Waals surface area contributed by atoms with Gasteiger partial charge >= 0.3 is 0 Å². The number of carbonyl (C=O) groups is 1. The molecule has 28 heavy (non-hydrogen) atoms. The highest BCUT2D eigenvalue weighted by Gasteiger charge is 2.20. The Hall–Kier alpha value is -2.71. The molecule has 4 rings (SSSR count). The quantitative estimate of drug-likeness (QED) is 0.506. The van der Waals surface area contributed by atoms with E-state index in [1.165, 1.54) is 35.2 Å². The first-order valence-corrected chi connectivity index (χ1v) is 10.0. The lowest BCUT2D eigenvalue weighted by Gasteiger charge is -2.21. The van der Waals surface area contributed by atoms with Crippen molar-refractivity contribution >= 4 is 34.4 Å². The Balaban J connectivity index is 1.75. The number of anilines is 1. The third-order valence-electron chi connectivity index (χ3n) is 4.60. The van der Waals surface area contributed by atoms with E-state index in [0.29, 0.717) is 36.5 Å². The molecule has 1 aliphatic rings. The van der Waals surface area contributed by atoms with Crippen LogP contribution in [0.5, 0.6) is 0 Å². The second-order valence-electron chi connectivity index (χ2n) is 6.69. The van der Waals surface area contributed by atoms with Crippen LogP contribution in [0.4, 0.5) is 5.95 Å². The maximum Gasteiger partial charge on any atom is 0.224 e. The first kappa shape index (κ1) is 18.6. The molecule has 0 unspecified atom stereocenters. The number of thioether (sulfide) groups is 1. The second-order valence-corrected chi connectivity index (χ2v) is 7.75. The van der Waals surface area contributed by atoms with E-state index in [0.717, 1.165) is 16.5 Å². The fourth-order valence-electron chi connectivity index (χ4n) is 3.53. The number of benzene rings is 2. The molecule has 0 saturated carbocycles. The molecule has 0 atom stereocenters. The average molecular weight is 395 g/mol. The fourth-order valence-corrected chi connectivity index (χ4v) is 4.22. The van der Waals surface area contributed by atoms with Gasteiger partial charge in [0, 0.05) is 24.8 Å². The van der Waals surface area contributed by atoms with Crippen molar-refractivity contribution in [1.82, 2.24) is 20.3 Å². The van der Waals surface area contributed by atoms with Crippen LogP contribution in [0.25, 0.3) is 22.2 Å². The highest BCUT2D eigenvalue weighted by Crippen LogP contribution is 2.37. The molecule has 0 radical (unpaired) electrons. The summed E-state index contributed by atoms with van der Waals surface area (Å²) in [5.41, 5.74) is 10.4. The summed E-state index contributed by atoms with van der Waals surface area (Å²) >= 11 is 1.44. The molecule has 1 amide bonds. The van der Waals surface area contributed by atoms with Crippen molar-refractivity contribution in [1.29, 1.82) is 0 Å². The Morgan fingerprint density at radius 2 is 2.07 bits per heavy atom. The lowest BCUT2D eigenvalue weighted by Crippen LogP contribution is -2.22. The van der Waals surface area contributed by atoms with Gasteiger partial charge in [0.1, 0.15) is 0 Å². The summed E-state index contributed by atoms with van der Waals surface area (Å²) in [5.74, 6) is 1.36. The average Bonchev–Trinajstić information content (AvgIpc) is 2.65. The van der Waals surface area contributed by atoms with Gasteiger partial charge in [0.15, 0.2) is 11.0 Å². The minimum absolute atomic E-state index is 0.0557. The Kier molecular flexibility index (Phi) is 5.15. The summed E-state index contributed by atoms with van der Waals surface area (Å²) in [4.78, 5) is 24.3. The molecule has 2 heterocycles. The zero-order valence-corrected chi connectivity index (χ0v) is 16.6. The van der Waals surface area contributed by atoms with Crippen LogP contribution in [-0.2, 0) is 22.7 Å². The fraction of sp³-hybridized carbons (Fsp3) is 0.300. The minimum atomic E-state index is -0.0557. The number of nitrogens with zero attached hydrogens (tertiary/aromatic N) is 3. The summed E-state index contributed by atoms with van der Waals surface area (Å²) < 4.78 is 5.70. The number of amides is 1. The Morgan fingerprint density at radius 1 is 1.25 bits per heavy atom. The number of nitrogens with two attached hydrogens (primary N) is 1. The van der Waals surface area contributed by atoms with E-state index >= 15 is 0 Å².